The van der Waals surface area contributed by atoms with Crippen LogP contribution in [0.25, 0.3) is 0 Å². The zero-order valence-corrected chi connectivity index (χ0v) is 6.58. The van der Waals surface area contributed by atoms with E-state index in [0.29, 0.717) is 0 Å². The summed E-state index contributed by atoms with van der Waals surface area (Å²) in [6, 6.07) is 0. The van der Waals surface area contributed by atoms with E-state index in [-0.39, 0.29) is 11.3 Å². The lowest BCUT2D eigenvalue weighted by atomic mass is 9.86. The first-order chi connectivity index (χ1) is 4.19. The average Bonchev–Trinajstić information content (AvgIpc) is 1.62. The summed E-state index contributed by atoms with van der Waals surface area (Å²) in [6.45, 7) is 9.66. The van der Waals surface area contributed by atoms with E-state index in [1.54, 1.807) is 0 Å². The number of hydrogen-bond donors (Lipinski definition) is 0. The molecule has 0 nitrogen and oxygen atoms in total. The summed E-state index contributed by atoms with van der Waals surface area (Å²) in [7, 11) is 0. The highest BCUT2D eigenvalue weighted by molar-refractivity contribution is 4.62. The molecular formula is C8H18. The van der Waals surface area contributed by atoms with Crippen LogP contribution in [0.2, 0.25) is 0 Å². The Morgan fingerprint density at radius 1 is 1.38 bits per heavy atom. The van der Waals surface area contributed by atoms with Gasteiger partial charge in [-0.3, -0.25) is 0 Å². The topological polar surface area (TPSA) is 0 Å². The smallest absolute Gasteiger partial charge is 0.0275 e. The molecule has 0 atom stereocenters. The van der Waals surface area contributed by atoms with Crippen LogP contribution in [0.1, 0.15) is 43.7 Å². The second-order valence-electron chi connectivity index (χ2n) is 3.55. The summed E-state index contributed by atoms with van der Waals surface area (Å²) in [5.74, 6) is 0.0903. The van der Waals surface area contributed by atoms with Crippen molar-refractivity contribution < 1.29 is 2.74 Å². The summed E-state index contributed by atoms with van der Waals surface area (Å²) < 4.78 is 15.4. The van der Waals surface area contributed by atoms with Gasteiger partial charge in [0.2, 0.25) is 0 Å². The zero-order valence-electron chi connectivity index (χ0n) is 8.58. The third-order valence-electron chi connectivity index (χ3n) is 0.722. The molecule has 0 aliphatic rings. The molecule has 0 saturated carbocycles. The normalized spacial score (nSPS) is 18.2. The van der Waals surface area contributed by atoms with Crippen molar-refractivity contribution in [1.82, 2.24) is 0 Å². The summed E-state index contributed by atoms with van der Waals surface area (Å²) in [5.41, 5.74) is -0.249. The molecule has 0 spiro atoms. The van der Waals surface area contributed by atoms with Crippen molar-refractivity contribution in [3.63, 3.8) is 0 Å². The van der Waals surface area contributed by atoms with Crippen LogP contribution >= 0.6 is 0 Å². The van der Waals surface area contributed by atoms with Crippen molar-refractivity contribution >= 4 is 0 Å². The molecule has 8 heavy (non-hydrogen) atoms. The molecule has 50 valence electrons. The number of hydrogen-bond acceptors (Lipinski definition) is 0. The van der Waals surface area contributed by atoms with Gasteiger partial charge in [0.1, 0.15) is 0 Å². The van der Waals surface area contributed by atoms with Crippen LogP contribution < -0.4 is 0 Å². The average molecular weight is 116 g/mol. The summed E-state index contributed by atoms with van der Waals surface area (Å²) >= 11 is 0. The van der Waals surface area contributed by atoms with Gasteiger partial charge in [-0.1, -0.05) is 34.6 Å². The Hall–Kier alpha value is 0. The van der Waals surface area contributed by atoms with Gasteiger partial charge in [-0.25, -0.2) is 0 Å². The Morgan fingerprint density at radius 2 is 1.75 bits per heavy atom. The van der Waals surface area contributed by atoms with Crippen LogP contribution in [0.4, 0.5) is 0 Å². The van der Waals surface area contributed by atoms with Crippen LogP contribution in [0, 0.1) is 11.3 Å². The van der Waals surface area contributed by atoms with Gasteiger partial charge in [0, 0.05) is 2.74 Å². The Bertz CT molecular complexity index is 109. The van der Waals surface area contributed by atoms with E-state index in [2.05, 4.69) is 0 Å². The Labute approximate surface area is 56.1 Å². The Balaban J connectivity index is 4.40. The molecular weight excluding hydrogens is 96.1 g/mol. The van der Waals surface area contributed by atoms with Crippen LogP contribution in [0.3, 0.4) is 0 Å². The molecule has 0 aromatic rings. The molecule has 0 fully saturated rings. The van der Waals surface area contributed by atoms with Crippen molar-refractivity contribution in [3.05, 3.63) is 0 Å². The van der Waals surface area contributed by atoms with Crippen LogP contribution in [0.15, 0.2) is 0 Å². The van der Waals surface area contributed by atoms with Crippen molar-refractivity contribution in [2.45, 2.75) is 41.0 Å². The molecule has 0 saturated heterocycles. The molecule has 0 bridgehead atoms. The highest BCUT2D eigenvalue weighted by Crippen LogP contribution is 2.23. The highest BCUT2D eigenvalue weighted by atomic mass is 14.2. The highest BCUT2D eigenvalue weighted by Gasteiger charge is 2.11. The lowest BCUT2D eigenvalue weighted by molar-refractivity contribution is 0.320. The summed E-state index contributed by atoms with van der Waals surface area (Å²) in [6.07, 6.45) is -1.06. The maximum absolute atomic E-state index is 7.70. The maximum atomic E-state index is 7.70. The van der Waals surface area contributed by atoms with E-state index in [1.807, 2.05) is 34.6 Å². The SMILES string of the molecule is [2H]C([2H])(C(C)C)C(C)(C)C. The molecule has 0 aliphatic heterocycles. The second kappa shape index (κ2) is 2.52. The van der Waals surface area contributed by atoms with E-state index in [4.69, 9.17) is 2.74 Å². The lowest BCUT2D eigenvalue weighted by Crippen LogP contribution is -2.08. The fourth-order valence-electron chi connectivity index (χ4n) is 0.866. The van der Waals surface area contributed by atoms with Crippen molar-refractivity contribution in [1.29, 1.82) is 0 Å². The molecule has 0 amide bonds. The largest absolute Gasteiger partial charge is 0.0628 e. The summed E-state index contributed by atoms with van der Waals surface area (Å²) in [4.78, 5) is 0. The minimum Gasteiger partial charge on any atom is -0.0628 e. The predicted molar refractivity (Wildman–Crippen MR) is 38.9 cm³/mol. The number of rotatable bonds is 1. The minimum atomic E-state index is -1.06. The standard InChI is InChI=1S/C8H18/c1-7(2)6-8(3,4)5/h7H,6H2,1-5H3/i6D2. The molecule has 0 aromatic carbocycles. The van der Waals surface area contributed by atoms with E-state index in [0.717, 1.165) is 0 Å². The third-order valence-corrected chi connectivity index (χ3v) is 0.722. The molecule has 0 aromatic heterocycles. The molecule has 0 unspecified atom stereocenters. The van der Waals surface area contributed by atoms with Gasteiger partial charge >= 0.3 is 0 Å². The fraction of sp³-hybridized carbons (Fsp3) is 1.00. The van der Waals surface area contributed by atoms with Gasteiger partial charge in [0.15, 0.2) is 0 Å². The molecule has 0 heterocycles. The van der Waals surface area contributed by atoms with Gasteiger partial charge < -0.3 is 0 Å². The first kappa shape index (κ1) is 4.84. The predicted octanol–water partition coefficient (Wildman–Crippen LogP) is 3.08. The van der Waals surface area contributed by atoms with E-state index in [9.17, 15) is 0 Å². The lowest BCUT2D eigenvalue weighted by Gasteiger charge is -2.19. The van der Waals surface area contributed by atoms with Gasteiger partial charge in [-0.05, 0) is 17.7 Å². The van der Waals surface area contributed by atoms with Crippen LogP contribution in [-0.4, -0.2) is 0 Å². The minimum absolute atomic E-state index is 0.0903. The van der Waals surface area contributed by atoms with Crippen molar-refractivity contribution in [2.75, 3.05) is 0 Å². The van der Waals surface area contributed by atoms with Crippen LogP contribution in [0.5, 0.6) is 0 Å². The van der Waals surface area contributed by atoms with E-state index >= 15 is 0 Å². The van der Waals surface area contributed by atoms with E-state index in [1.165, 1.54) is 0 Å². The fourth-order valence-corrected chi connectivity index (χ4v) is 0.866. The maximum Gasteiger partial charge on any atom is 0.0275 e. The zero-order chi connectivity index (χ0) is 8.58. The third kappa shape index (κ3) is 6.00. The Morgan fingerprint density at radius 3 is 1.75 bits per heavy atom. The van der Waals surface area contributed by atoms with Crippen LogP contribution in [-0.2, 0) is 0 Å². The van der Waals surface area contributed by atoms with Crippen molar-refractivity contribution in [3.8, 4) is 0 Å². The monoisotopic (exact) mass is 116 g/mol. The van der Waals surface area contributed by atoms with Gasteiger partial charge in [-0.2, -0.15) is 0 Å². The summed E-state index contributed by atoms with van der Waals surface area (Å²) in [5, 5.41) is 0. The first-order valence-electron chi connectivity index (χ1n) is 4.19. The van der Waals surface area contributed by atoms with Gasteiger partial charge in [-0.15, -0.1) is 0 Å². The van der Waals surface area contributed by atoms with Crippen molar-refractivity contribution in [2.24, 2.45) is 11.3 Å². The quantitative estimate of drug-likeness (QED) is 0.494. The first-order valence-corrected chi connectivity index (χ1v) is 3.19. The van der Waals surface area contributed by atoms with E-state index < -0.39 is 6.37 Å². The molecule has 0 N–H and O–H groups in total. The van der Waals surface area contributed by atoms with Gasteiger partial charge in [0.25, 0.3) is 0 Å². The second-order valence-corrected chi connectivity index (χ2v) is 3.55. The molecule has 0 heteroatoms. The molecule has 0 radical (unpaired) electrons. The van der Waals surface area contributed by atoms with Gasteiger partial charge in [0.05, 0.1) is 0 Å². The molecule has 0 rings (SSSR count). The Kier molecular flexibility index (Phi) is 1.52. The molecule has 0 aliphatic carbocycles.